The molecule has 2 aromatic heterocycles. The normalized spacial score (nSPS) is 20.9. The van der Waals surface area contributed by atoms with Gasteiger partial charge in [0.2, 0.25) is 5.88 Å². The van der Waals surface area contributed by atoms with Crippen LogP contribution in [0.15, 0.2) is 24.4 Å². The second-order valence-electron chi connectivity index (χ2n) is 6.07. The molecule has 8 nitrogen and oxygen atoms in total. The standard InChI is InChI=1S/C16H21N3O5/c1-16(2)23-9-13(24-16)12(20)8-17-15(21)10-7-18-19-11(10)5-4-6-14(19)22-3/h4-7,12-13,20H,8-9H2,1-3H3,(H,17,21)/t12?,13-/m1/s1. The second-order valence-corrected chi connectivity index (χ2v) is 6.07. The summed E-state index contributed by atoms with van der Waals surface area (Å²) in [5.74, 6) is -0.505. The quantitative estimate of drug-likeness (QED) is 0.830. The van der Waals surface area contributed by atoms with Gasteiger partial charge in [-0.15, -0.1) is 0 Å². The number of nitrogens with zero attached hydrogens (tertiary/aromatic N) is 2. The van der Waals surface area contributed by atoms with Crippen LogP contribution in [0.5, 0.6) is 5.88 Å². The lowest BCUT2D eigenvalue weighted by atomic mass is 10.2. The van der Waals surface area contributed by atoms with E-state index < -0.39 is 18.0 Å². The third kappa shape index (κ3) is 3.21. The topological polar surface area (TPSA) is 94.3 Å². The van der Waals surface area contributed by atoms with Gasteiger partial charge in [-0.25, -0.2) is 4.52 Å². The summed E-state index contributed by atoms with van der Waals surface area (Å²) in [6.45, 7) is 3.91. The van der Waals surface area contributed by atoms with Crippen molar-refractivity contribution in [2.45, 2.75) is 31.8 Å². The summed E-state index contributed by atoms with van der Waals surface area (Å²) < 4.78 is 17.7. The van der Waals surface area contributed by atoms with Gasteiger partial charge in [-0.05, 0) is 19.9 Å². The van der Waals surface area contributed by atoms with E-state index in [1.54, 1.807) is 36.6 Å². The van der Waals surface area contributed by atoms with Crippen LogP contribution in [-0.2, 0) is 9.47 Å². The minimum Gasteiger partial charge on any atom is -0.481 e. The fourth-order valence-electron chi connectivity index (χ4n) is 2.64. The summed E-state index contributed by atoms with van der Waals surface area (Å²) in [5, 5.41) is 17.0. The average Bonchev–Trinajstić information content (AvgIpc) is 3.15. The van der Waals surface area contributed by atoms with Crippen molar-refractivity contribution in [1.82, 2.24) is 14.9 Å². The van der Waals surface area contributed by atoms with Crippen LogP contribution < -0.4 is 10.1 Å². The molecular formula is C16H21N3O5. The molecule has 130 valence electrons. The Morgan fingerprint density at radius 3 is 3.04 bits per heavy atom. The fraction of sp³-hybridized carbons (Fsp3) is 0.500. The lowest BCUT2D eigenvalue weighted by molar-refractivity contribution is -0.150. The molecule has 1 amide bonds. The Morgan fingerprint density at radius 2 is 2.38 bits per heavy atom. The van der Waals surface area contributed by atoms with Crippen LogP contribution in [0.4, 0.5) is 0 Å². The molecule has 2 atom stereocenters. The van der Waals surface area contributed by atoms with Crippen LogP contribution in [0.1, 0.15) is 24.2 Å². The van der Waals surface area contributed by atoms with Crippen molar-refractivity contribution >= 4 is 11.4 Å². The Hall–Kier alpha value is -2.16. The zero-order chi connectivity index (χ0) is 17.3. The highest BCUT2D eigenvalue weighted by atomic mass is 16.7. The van der Waals surface area contributed by atoms with E-state index in [9.17, 15) is 9.90 Å². The summed E-state index contributed by atoms with van der Waals surface area (Å²) in [4.78, 5) is 12.4. The molecule has 1 fully saturated rings. The molecule has 1 aliphatic heterocycles. The number of hydrogen-bond acceptors (Lipinski definition) is 6. The Bertz CT molecular complexity index is 742. The van der Waals surface area contributed by atoms with E-state index in [1.165, 1.54) is 13.3 Å². The number of methoxy groups -OCH3 is 1. The smallest absolute Gasteiger partial charge is 0.255 e. The Labute approximate surface area is 139 Å². The predicted molar refractivity (Wildman–Crippen MR) is 85.0 cm³/mol. The van der Waals surface area contributed by atoms with Crippen molar-refractivity contribution in [2.75, 3.05) is 20.3 Å². The molecule has 1 unspecified atom stereocenters. The monoisotopic (exact) mass is 335 g/mol. The number of aliphatic hydroxyl groups is 1. The molecule has 0 bridgehead atoms. The second kappa shape index (κ2) is 6.39. The minimum atomic E-state index is -0.855. The molecule has 3 heterocycles. The first-order valence-electron chi connectivity index (χ1n) is 7.70. The molecule has 0 aliphatic carbocycles. The first-order chi connectivity index (χ1) is 11.4. The van der Waals surface area contributed by atoms with E-state index in [0.717, 1.165) is 0 Å². The molecule has 1 aliphatic rings. The van der Waals surface area contributed by atoms with Crippen molar-refractivity contribution in [3.05, 3.63) is 30.0 Å². The maximum Gasteiger partial charge on any atom is 0.255 e. The van der Waals surface area contributed by atoms with Gasteiger partial charge in [0.15, 0.2) is 5.79 Å². The van der Waals surface area contributed by atoms with Crippen LogP contribution >= 0.6 is 0 Å². The third-order valence-corrected chi connectivity index (χ3v) is 3.89. The third-order valence-electron chi connectivity index (χ3n) is 3.89. The number of carbonyl (C=O) groups is 1. The lowest BCUT2D eigenvalue weighted by Crippen LogP contribution is -2.40. The summed E-state index contributed by atoms with van der Waals surface area (Å²) in [7, 11) is 1.54. The van der Waals surface area contributed by atoms with Gasteiger partial charge in [0.1, 0.15) is 6.10 Å². The number of carbonyl (C=O) groups excluding carboxylic acids is 1. The van der Waals surface area contributed by atoms with Gasteiger partial charge in [0, 0.05) is 12.6 Å². The van der Waals surface area contributed by atoms with Gasteiger partial charge in [0.25, 0.3) is 5.91 Å². The summed E-state index contributed by atoms with van der Waals surface area (Å²) in [6, 6.07) is 5.31. The average molecular weight is 335 g/mol. The van der Waals surface area contributed by atoms with E-state index in [2.05, 4.69) is 10.4 Å². The molecule has 0 radical (unpaired) electrons. The van der Waals surface area contributed by atoms with Crippen LogP contribution in [0, 0.1) is 0 Å². The van der Waals surface area contributed by atoms with Gasteiger partial charge in [-0.1, -0.05) is 6.07 Å². The predicted octanol–water partition coefficient (Wildman–Crippen LogP) is 0.585. The number of aromatic nitrogens is 2. The van der Waals surface area contributed by atoms with Gasteiger partial charge in [-0.3, -0.25) is 4.79 Å². The number of ether oxygens (including phenoxy) is 3. The van der Waals surface area contributed by atoms with Gasteiger partial charge < -0.3 is 24.6 Å². The van der Waals surface area contributed by atoms with Gasteiger partial charge >= 0.3 is 0 Å². The Morgan fingerprint density at radius 1 is 1.58 bits per heavy atom. The van der Waals surface area contributed by atoms with Crippen LogP contribution in [-0.4, -0.2) is 58.9 Å². The number of pyridine rings is 1. The molecule has 0 aromatic carbocycles. The number of fused-ring (bicyclic) bond motifs is 1. The van der Waals surface area contributed by atoms with E-state index in [-0.39, 0.29) is 19.1 Å². The van der Waals surface area contributed by atoms with Crippen LogP contribution in [0.3, 0.4) is 0 Å². The molecule has 2 N–H and O–H groups in total. The lowest BCUT2D eigenvalue weighted by Gasteiger charge is -2.20. The summed E-state index contributed by atoms with van der Waals surface area (Å²) in [6.07, 6.45) is 0.147. The Kier molecular flexibility index (Phi) is 4.44. The van der Waals surface area contributed by atoms with E-state index in [0.29, 0.717) is 17.0 Å². The minimum absolute atomic E-state index is 0.0598. The zero-order valence-corrected chi connectivity index (χ0v) is 13.9. The van der Waals surface area contributed by atoms with Crippen LogP contribution in [0.2, 0.25) is 0 Å². The van der Waals surface area contributed by atoms with E-state index in [1.807, 2.05) is 0 Å². The molecular weight excluding hydrogens is 314 g/mol. The number of amides is 1. The Balaban J connectivity index is 1.65. The first kappa shape index (κ1) is 16.7. The van der Waals surface area contributed by atoms with Crippen molar-refractivity contribution in [3.63, 3.8) is 0 Å². The van der Waals surface area contributed by atoms with E-state index >= 15 is 0 Å². The van der Waals surface area contributed by atoms with Crippen molar-refractivity contribution in [2.24, 2.45) is 0 Å². The molecule has 1 saturated heterocycles. The molecule has 8 heteroatoms. The molecule has 0 spiro atoms. The maximum atomic E-state index is 12.4. The fourth-order valence-corrected chi connectivity index (χ4v) is 2.64. The number of hydrogen-bond donors (Lipinski definition) is 2. The number of rotatable bonds is 5. The van der Waals surface area contributed by atoms with Crippen molar-refractivity contribution < 1.29 is 24.1 Å². The molecule has 24 heavy (non-hydrogen) atoms. The number of nitrogens with one attached hydrogen (secondary N) is 1. The largest absolute Gasteiger partial charge is 0.481 e. The van der Waals surface area contributed by atoms with Crippen LogP contribution in [0.25, 0.3) is 5.52 Å². The molecule has 0 saturated carbocycles. The van der Waals surface area contributed by atoms with Crippen molar-refractivity contribution in [1.29, 1.82) is 0 Å². The first-order valence-corrected chi connectivity index (χ1v) is 7.70. The summed E-state index contributed by atoms with van der Waals surface area (Å²) >= 11 is 0. The highest BCUT2D eigenvalue weighted by molar-refractivity contribution is 6.00. The highest BCUT2D eigenvalue weighted by Gasteiger charge is 2.36. The van der Waals surface area contributed by atoms with Gasteiger partial charge in [0.05, 0.1) is 37.1 Å². The SMILES string of the molecule is COc1cccc2c(C(=O)NCC(O)[C@H]3COC(C)(C)O3)cnn12. The summed E-state index contributed by atoms with van der Waals surface area (Å²) in [5.41, 5.74) is 1.04. The van der Waals surface area contributed by atoms with Crippen molar-refractivity contribution in [3.8, 4) is 5.88 Å². The molecule has 3 rings (SSSR count). The highest BCUT2D eigenvalue weighted by Crippen LogP contribution is 2.24. The van der Waals surface area contributed by atoms with E-state index in [4.69, 9.17) is 14.2 Å². The molecule has 2 aromatic rings. The number of aliphatic hydroxyl groups excluding tert-OH is 1. The van der Waals surface area contributed by atoms with Gasteiger partial charge in [-0.2, -0.15) is 5.10 Å². The zero-order valence-electron chi connectivity index (χ0n) is 13.9. The maximum absolute atomic E-state index is 12.4.